The van der Waals surface area contributed by atoms with Gasteiger partial charge in [0, 0.05) is 16.1 Å². The number of anilines is 1. The molecule has 24 heavy (non-hydrogen) atoms. The zero-order valence-corrected chi connectivity index (χ0v) is 16.3. The summed E-state index contributed by atoms with van der Waals surface area (Å²) in [7, 11) is 0. The minimum atomic E-state index is -0.910. The van der Waals surface area contributed by atoms with E-state index < -0.39 is 23.3 Å². The van der Waals surface area contributed by atoms with Crippen LogP contribution in [0.2, 0.25) is 0 Å². The summed E-state index contributed by atoms with van der Waals surface area (Å²) in [6.07, 6.45) is 1.22. The topological polar surface area (TPSA) is 29.5 Å². The fraction of sp³-hybridized carbons (Fsp3) is 0.611. The van der Waals surface area contributed by atoms with Gasteiger partial charge in [-0.25, -0.2) is 13.6 Å². The van der Waals surface area contributed by atoms with Crippen molar-refractivity contribution < 1.29 is 18.3 Å². The Bertz CT molecular complexity index is 641. The summed E-state index contributed by atoms with van der Waals surface area (Å²) in [4.78, 5) is 14.3. The van der Waals surface area contributed by atoms with Gasteiger partial charge in [-0.2, -0.15) is 0 Å². The van der Waals surface area contributed by atoms with Gasteiger partial charge in [-0.3, -0.25) is 4.90 Å². The third-order valence-electron chi connectivity index (χ3n) is 3.91. The molecule has 1 aromatic carbocycles. The lowest BCUT2D eigenvalue weighted by atomic mass is 9.90. The number of carbonyl (C=O) groups excluding carboxylic acids is 1. The number of hydrogen-bond acceptors (Lipinski definition) is 2. The van der Waals surface area contributed by atoms with E-state index in [-0.39, 0.29) is 11.6 Å². The molecular formula is C18H24BrF2NO2. The largest absolute Gasteiger partial charge is 0.443 e. The second-order valence-electron chi connectivity index (χ2n) is 7.65. The molecule has 1 unspecified atom stereocenters. The lowest BCUT2D eigenvalue weighted by Gasteiger charge is -2.39. The SMILES string of the molecule is CC(C)CC1CCc2c(F)c(F)cc(Br)c2N1C(=O)OC(C)(C)C. The van der Waals surface area contributed by atoms with Crippen molar-refractivity contribution in [3.05, 3.63) is 27.7 Å². The molecule has 0 saturated carbocycles. The number of carbonyl (C=O) groups is 1. The Morgan fingerprint density at radius 1 is 1.42 bits per heavy atom. The predicted octanol–water partition coefficient (Wildman–Crippen LogP) is 5.83. The molecule has 2 rings (SSSR count). The van der Waals surface area contributed by atoms with Crippen molar-refractivity contribution in [2.45, 2.75) is 65.5 Å². The van der Waals surface area contributed by atoms with Gasteiger partial charge in [0.15, 0.2) is 11.6 Å². The van der Waals surface area contributed by atoms with Gasteiger partial charge in [-0.15, -0.1) is 0 Å². The van der Waals surface area contributed by atoms with Crippen molar-refractivity contribution in [3.8, 4) is 0 Å². The Morgan fingerprint density at radius 3 is 2.58 bits per heavy atom. The summed E-state index contributed by atoms with van der Waals surface area (Å²) in [6.45, 7) is 9.50. The minimum absolute atomic E-state index is 0.103. The monoisotopic (exact) mass is 403 g/mol. The van der Waals surface area contributed by atoms with E-state index in [2.05, 4.69) is 29.8 Å². The molecule has 0 fully saturated rings. The van der Waals surface area contributed by atoms with Crippen LogP contribution in [0.4, 0.5) is 19.3 Å². The summed E-state index contributed by atoms with van der Waals surface area (Å²) >= 11 is 3.29. The predicted molar refractivity (Wildman–Crippen MR) is 94.3 cm³/mol. The number of benzene rings is 1. The van der Waals surface area contributed by atoms with Gasteiger partial charge >= 0.3 is 6.09 Å². The van der Waals surface area contributed by atoms with E-state index in [0.717, 1.165) is 12.5 Å². The maximum atomic E-state index is 14.3. The van der Waals surface area contributed by atoms with Gasteiger partial charge in [0.2, 0.25) is 0 Å². The van der Waals surface area contributed by atoms with Gasteiger partial charge in [0.05, 0.1) is 5.69 Å². The summed E-state index contributed by atoms with van der Waals surface area (Å²) in [5.74, 6) is -1.43. The number of ether oxygens (including phenoxy) is 1. The van der Waals surface area contributed by atoms with Crippen molar-refractivity contribution in [2.24, 2.45) is 5.92 Å². The molecule has 0 N–H and O–H groups in total. The average Bonchev–Trinajstić information content (AvgIpc) is 2.41. The second kappa shape index (κ2) is 6.98. The number of fused-ring (bicyclic) bond motifs is 1. The highest BCUT2D eigenvalue weighted by Crippen LogP contribution is 2.41. The van der Waals surface area contributed by atoms with E-state index in [9.17, 15) is 13.6 Å². The number of hydrogen-bond donors (Lipinski definition) is 0. The van der Waals surface area contributed by atoms with Crippen LogP contribution in [0.15, 0.2) is 10.5 Å². The number of rotatable bonds is 2. The van der Waals surface area contributed by atoms with Crippen LogP contribution >= 0.6 is 15.9 Å². The smallest absolute Gasteiger partial charge is 0.415 e. The number of amides is 1. The first-order chi connectivity index (χ1) is 11.0. The molecule has 1 atom stereocenters. The molecular weight excluding hydrogens is 380 g/mol. The van der Waals surface area contributed by atoms with E-state index in [1.54, 1.807) is 20.8 Å². The van der Waals surface area contributed by atoms with Crippen LogP contribution < -0.4 is 4.90 Å². The Hall–Kier alpha value is -1.17. The zero-order valence-electron chi connectivity index (χ0n) is 14.8. The highest BCUT2D eigenvalue weighted by Gasteiger charge is 2.37. The van der Waals surface area contributed by atoms with Crippen LogP contribution in [0.25, 0.3) is 0 Å². The van der Waals surface area contributed by atoms with Crippen LogP contribution in [0, 0.1) is 17.6 Å². The molecule has 134 valence electrons. The third kappa shape index (κ3) is 4.08. The van der Waals surface area contributed by atoms with Crippen molar-refractivity contribution in [2.75, 3.05) is 4.90 Å². The van der Waals surface area contributed by atoms with Crippen LogP contribution in [0.3, 0.4) is 0 Å². The minimum Gasteiger partial charge on any atom is -0.443 e. The summed E-state index contributed by atoms with van der Waals surface area (Å²) in [6, 6.07) is 0.969. The molecule has 0 spiro atoms. The molecule has 0 aliphatic carbocycles. The molecule has 0 saturated heterocycles. The molecule has 1 aliphatic rings. The highest BCUT2D eigenvalue weighted by molar-refractivity contribution is 9.10. The summed E-state index contributed by atoms with van der Waals surface area (Å²) in [5, 5.41) is 0. The quantitative estimate of drug-likeness (QED) is 0.581. The average molecular weight is 404 g/mol. The molecule has 1 aliphatic heterocycles. The Morgan fingerprint density at radius 2 is 2.04 bits per heavy atom. The standard InChI is InChI=1S/C18H24BrF2NO2/c1-10(2)8-11-6-7-12-15(21)14(20)9-13(19)16(12)22(11)17(23)24-18(3,4)5/h9-11H,6-8H2,1-5H3. The van der Waals surface area contributed by atoms with Crippen molar-refractivity contribution in [3.63, 3.8) is 0 Å². The third-order valence-corrected chi connectivity index (χ3v) is 4.51. The van der Waals surface area contributed by atoms with Crippen LogP contribution in [0.5, 0.6) is 0 Å². The number of halogens is 3. The van der Waals surface area contributed by atoms with Gasteiger partial charge < -0.3 is 4.74 Å². The molecule has 0 aromatic heterocycles. The van der Waals surface area contributed by atoms with Crippen molar-refractivity contribution in [1.82, 2.24) is 0 Å². The van der Waals surface area contributed by atoms with Gasteiger partial charge in [0.1, 0.15) is 5.60 Å². The molecule has 1 heterocycles. The molecule has 1 amide bonds. The first-order valence-electron chi connectivity index (χ1n) is 8.20. The van der Waals surface area contributed by atoms with E-state index in [0.29, 0.717) is 28.9 Å². The summed E-state index contributed by atoms with van der Waals surface area (Å²) in [5.41, 5.74) is -0.0462. The first-order valence-corrected chi connectivity index (χ1v) is 8.99. The summed E-state index contributed by atoms with van der Waals surface area (Å²) < 4.78 is 33.9. The normalized spacial score (nSPS) is 17.9. The van der Waals surface area contributed by atoms with Gasteiger partial charge in [-0.1, -0.05) is 13.8 Å². The first kappa shape index (κ1) is 19.2. The van der Waals surface area contributed by atoms with Crippen LogP contribution in [-0.4, -0.2) is 17.7 Å². The molecule has 1 aromatic rings. The Balaban J connectivity index is 2.52. The molecule has 0 radical (unpaired) electrons. The van der Waals surface area contributed by atoms with E-state index in [4.69, 9.17) is 4.74 Å². The molecule has 6 heteroatoms. The van der Waals surface area contributed by atoms with Crippen LogP contribution in [-0.2, 0) is 11.2 Å². The van der Waals surface area contributed by atoms with Crippen molar-refractivity contribution in [1.29, 1.82) is 0 Å². The van der Waals surface area contributed by atoms with Crippen molar-refractivity contribution >= 4 is 27.7 Å². The van der Waals surface area contributed by atoms with Crippen LogP contribution in [0.1, 0.15) is 53.0 Å². The fourth-order valence-corrected chi connectivity index (χ4v) is 3.70. The maximum Gasteiger partial charge on any atom is 0.415 e. The lowest BCUT2D eigenvalue weighted by molar-refractivity contribution is 0.0556. The molecule has 0 bridgehead atoms. The molecule has 3 nitrogen and oxygen atoms in total. The van der Waals surface area contributed by atoms with Gasteiger partial charge in [-0.05, 0) is 67.9 Å². The zero-order chi connectivity index (χ0) is 18.2. The van der Waals surface area contributed by atoms with E-state index in [1.807, 2.05) is 0 Å². The number of nitrogens with zero attached hydrogens (tertiary/aromatic N) is 1. The lowest BCUT2D eigenvalue weighted by Crippen LogP contribution is -2.47. The van der Waals surface area contributed by atoms with E-state index in [1.165, 1.54) is 4.90 Å². The maximum absolute atomic E-state index is 14.3. The Kier molecular flexibility index (Phi) is 5.57. The fourth-order valence-electron chi connectivity index (χ4n) is 3.07. The van der Waals surface area contributed by atoms with E-state index >= 15 is 0 Å². The highest BCUT2D eigenvalue weighted by atomic mass is 79.9. The Labute approximate surface area is 150 Å². The van der Waals surface area contributed by atoms with Gasteiger partial charge in [0.25, 0.3) is 0 Å². The second-order valence-corrected chi connectivity index (χ2v) is 8.51.